The van der Waals surface area contributed by atoms with Crippen molar-refractivity contribution in [3.8, 4) is 0 Å². The van der Waals surface area contributed by atoms with E-state index < -0.39 is 77.9 Å². The normalized spacial score (nSPS) is 35.1. The van der Waals surface area contributed by atoms with E-state index in [9.17, 15) is 34.5 Å². The van der Waals surface area contributed by atoms with Crippen molar-refractivity contribution in [3.63, 3.8) is 0 Å². The molecule has 0 spiro atoms. The van der Waals surface area contributed by atoms with Gasteiger partial charge in [0.2, 0.25) is 11.7 Å². The van der Waals surface area contributed by atoms with E-state index in [0.717, 1.165) is 17.7 Å². The van der Waals surface area contributed by atoms with Crippen LogP contribution in [0.1, 0.15) is 88.0 Å². The molecule has 14 nitrogen and oxygen atoms in total. The van der Waals surface area contributed by atoms with Crippen molar-refractivity contribution in [2.45, 2.75) is 130 Å². The van der Waals surface area contributed by atoms with Gasteiger partial charge in [-0.25, -0.2) is 9.59 Å². The summed E-state index contributed by atoms with van der Waals surface area (Å²) in [5.74, 6) is -6.84. The number of ether oxygens (including phenoxy) is 6. The highest BCUT2D eigenvalue weighted by Gasteiger charge is 2.54. The van der Waals surface area contributed by atoms with Crippen LogP contribution < -0.4 is 5.32 Å². The van der Waals surface area contributed by atoms with E-state index in [1.807, 2.05) is 60.6 Å². The number of rotatable bonds is 12. The molecule has 0 bridgehead atoms. The number of allylic oxidation sites excluding steroid dienone is 7. The van der Waals surface area contributed by atoms with Gasteiger partial charge in [-0.3, -0.25) is 9.59 Å². The highest BCUT2D eigenvalue weighted by atomic mass is 16.7. The molecule has 59 heavy (non-hydrogen) atoms. The Morgan fingerprint density at radius 1 is 1.02 bits per heavy atom. The average Bonchev–Trinajstić information content (AvgIpc) is 3.51. The summed E-state index contributed by atoms with van der Waals surface area (Å²) in [4.78, 5) is 51.4. The summed E-state index contributed by atoms with van der Waals surface area (Å²) < 4.78 is 36.3. The molecule has 2 heterocycles. The Labute approximate surface area is 349 Å². The molecule has 2 aliphatic heterocycles. The number of aliphatic hydroxyl groups is 3. The molecule has 1 saturated heterocycles. The Morgan fingerprint density at radius 2 is 1.69 bits per heavy atom. The minimum absolute atomic E-state index is 0.00964. The maximum Gasteiger partial charge on any atom is 0.373 e. The van der Waals surface area contributed by atoms with Crippen LogP contribution >= 0.6 is 0 Å². The summed E-state index contributed by atoms with van der Waals surface area (Å²) >= 11 is 0. The smallest absolute Gasteiger partial charge is 0.373 e. The van der Waals surface area contributed by atoms with Crippen molar-refractivity contribution in [1.29, 1.82) is 0 Å². The van der Waals surface area contributed by atoms with Crippen LogP contribution in [0.3, 0.4) is 0 Å². The van der Waals surface area contributed by atoms with Gasteiger partial charge in [-0.15, -0.1) is 0 Å². The second-order valence-electron chi connectivity index (χ2n) is 16.7. The molecule has 3 aliphatic rings. The van der Waals surface area contributed by atoms with E-state index in [-0.39, 0.29) is 60.1 Å². The van der Waals surface area contributed by atoms with E-state index in [4.69, 9.17) is 28.4 Å². The molecule has 3 rings (SSSR count). The summed E-state index contributed by atoms with van der Waals surface area (Å²) in [5, 5.41) is 35.5. The number of carbonyl (C=O) groups excluding carboxylic acids is 4. The topological polar surface area (TPSA) is 196 Å². The number of hydrogen-bond donors (Lipinski definition) is 4. The number of aliphatic hydroxyl groups excluding tert-OH is 3. The molecular formula is C45H67NO13. The fraction of sp³-hybridized carbons (Fsp3) is 0.644. The number of nitrogens with one attached hydrogen (secondary N) is 1. The molecule has 1 aliphatic carbocycles. The van der Waals surface area contributed by atoms with Crippen LogP contribution in [0.5, 0.6) is 0 Å². The summed E-state index contributed by atoms with van der Waals surface area (Å²) in [6.07, 6.45) is 6.62. The van der Waals surface area contributed by atoms with Gasteiger partial charge < -0.3 is 49.1 Å². The molecule has 0 aromatic heterocycles. The van der Waals surface area contributed by atoms with Gasteiger partial charge in [-0.2, -0.15) is 0 Å². The standard InChI is InChI=1S/C45H67NO13/c1-24(2)42-29(7)36(57-38(50)19-18-37(49)46-39-32(47)16-17-33(39)48)23-45(56-12,59-42)31(9)41(52)30(8)43-34(54-10)15-13-14-25(3)20-27(5)40(51)28(6)21-26(4)22-35(55-11)44(53)58-43/h13-15,18-19,21-22,24,27-31,34,36,40-43,47,51-52H,16-17,20,23H2,1-12H3,(H,46,49)/b15-13+,19-18+,25-14+,26-21-,35-22-/t27-,28+,29-,30-,31-,34-,36+,40-,41+,42+,43+,45+/m0/s1. The van der Waals surface area contributed by atoms with Crippen molar-refractivity contribution in [3.05, 3.63) is 70.9 Å². The number of Topliss-reactive ketones (excluding diaryl/α,β-unsaturated/α-hetero) is 1. The zero-order valence-corrected chi connectivity index (χ0v) is 36.7. The Balaban J connectivity index is 1.96. The van der Waals surface area contributed by atoms with Gasteiger partial charge in [0.05, 0.1) is 25.4 Å². The monoisotopic (exact) mass is 829 g/mol. The largest absolute Gasteiger partial charge is 0.510 e. The van der Waals surface area contributed by atoms with Crippen LogP contribution in [0.2, 0.25) is 0 Å². The van der Waals surface area contributed by atoms with E-state index >= 15 is 0 Å². The molecule has 1 fully saturated rings. The summed E-state index contributed by atoms with van der Waals surface area (Å²) in [7, 11) is 4.29. The van der Waals surface area contributed by atoms with Gasteiger partial charge >= 0.3 is 11.9 Å². The maximum atomic E-state index is 13.8. The molecule has 1 amide bonds. The molecule has 4 N–H and O–H groups in total. The maximum absolute atomic E-state index is 13.8. The van der Waals surface area contributed by atoms with Crippen molar-refractivity contribution in [1.82, 2.24) is 5.32 Å². The minimum Gasteiger partial charge on any atom is -0.510 e. The fourth-order valence-corrected chi connectivity index (χ4v) is 8.25. The predicted octanol–water partition coefficient (Wildman–Crippen LogP) is 5.70. The lowest BCUT2D eigenvalue weighted by Gasteiger charge is -2.51. The first-order valence-corrected chi connectivity index (χ1v) is 20.5. The quantitative estimate of drug-likeness (QED) is 0.138. The van der Waals surface area contributed by atoms with Crippen molar-refractivity contribution < 1.29 is 62.9 Å². The van der Waals surface area contributed by atoms with Gasteiger partial charge in [-0.1, -0.05) is 83.9 Å². The van der Waals surface area contributed by atoms with Crippen LogP contribution in [0, 0.1) is 35.5 Å². The van der Waals surface area contributed by atoms with E-state index in [0.29, 0.717) is 12.0 Å². The number of cyclic esters (lactones) is 1. The lowest BCUT2D eigenvalue weighted by molar-refractivity contribution is -0.339. The lowest BCUT2D eigenvalue weighted by atomic mass is 9.76. The number of hydrogen-bond acceptors (Lipinski definition) is 13. The van der Waals surface area contributed by atoms with E-state index in [1.54, 1.807) is 32.1 Å². The zero-order chi connectivity index (χ0) is 44.4. The highest BCUT2D eigenvalue weighted by Crippen LogP contribution is 2.44. The first-order valence-electron chi connectivity index (χ1n) is 20.5. The van der Waals surface area contributed by atoms with Crippen LogP contribution in [-0.2, 0) is 47.6 Å². The molecule has 0 aromatic carbocycles. The van der Waals surface area contributed by atoms with Gasteiger partial charge in [0.1, 0.15) is 29.8 Å². The number of methoxy groups -OCH3 is 3. The third-order valence-corrected chi connectivity index (χ3v) is 11.8. The molecule has 0 radical (unpaired) electrons. The molecule has 0 saturated carbocycles. The Hall–Kier alpha value is -4.08. The molecular weight excluding hydrogens is 762 g/mol. The molecule has 0 unspecified atom stereocenters. The van der Waals surface area contributed by atoms with E-state index in [2.05, 4.69) is 5.32 Å². The van der Waals surface area contributed by atoms with Gasteiger partial charge in [-0.05, 0) is 38.2 Å². The molecule has 14 heteroatoms. The summed E-state index contributed by atoms with van der Waals surface area (Å²) in [6.45, 7) is 17.0. The fourth-order valence-electron chi connectivity index (χ4n) is 8.25. The van der Waals surface area contributed by atoms with Crippen molar-refractivity contribution >= 4 is 23.6 Å². The van der Waals surface area contributed by atoms with Gasteiger partial charge in [0.25, 0.3) is 0 Å². The lowest BCUT2D eigenvalue weighted by Crippen LogP contribution is -2.60. The van der Waals surface area contributed by atoms with Crippen LogP contribution in [0.15, 0.2) is 70.9 Å². The van der Waals surface area contributed by atoms with Crippen molar-refractivity contribution in [2.75, 3.05) is 21.3 Å². The van der Waals surface area contributed by atoms with Gasteiger partial charge in [0, 0.05) is 69.3 Å². The average molecular weight is 830 g/mol. The van der Waals surface area contributed by atoms with Crippen LogP contribution in [0.25, 0.3) is 0 Å². The first-order chi connectivity index (χ1) is 27.7. The summed E-state index contributed by atoms with van der Waals surface area (Å²) in [6, 6.07) is 0. The Kier molecular flexibility index (Phi) is 18.3. The van der Waals surface area contributed by atoms with E-state index in [1.165, 1.54) is 21.3 Å². The Bertz CT molecular complexity index is 1690. The minimum atomic E-state index is -1.49. The van der Waals surface area contributed by atoms with Crippen LogP contribution in [-0.4, -0.2) is 103 Å². The first kappa shape index (κ1) is 49.3. The number of esters is 2. The third kappa shape index (κ3) is 12.7. The highest BCUT2D eigenvalue weighted by molar-refractivity contribution is 6.04. The van der Waals surface area contributed by atoms with Gasteiger partial charge in [0.15, 0.2) is 11.6 Å². The Morgan fingerprint density at radius 3 is 2.27 bits per heavy atom. The van der Waals surface area contributed by atoms with Crippen LogP contribution in [0.4, 0.5) is 0 Å². The SMILES string of the molecule is CO/C1=C\C(C)=C/[C@@H](C)[C@@H](O)[C@@H](C)C/C(C)=C/C=C/[C@H](OC)[C@@H]([C@@H](C)[C@@H](O)[C@H](C)[C@@]2(OC)C[C@@H](OC(=O)/C=C/C(=O)NC3=C(O)CCC3=O)[C@H](C)[C@@H](C(C)C)O2)OC1=O. The van der Waals surface area contributed by atoms with Crippen molar-refractivity contribution in [2.24, 2.45) is 35.5 Å². The predicted molar refractivity (Wildman–Crippen MR) is 220 cm³/mol. The second-order valence-corrected chi connectivity index (χ2v) is 16.7. The number of ketones is 1. The third-order valence-electron chi connectivity index (χ3n) is 11.8. The summed E-state index contributed by atoms with van der Waals surface area (Å²) in [5.41, 5.74) is 1.53. The molecule has 12 atom stereocenters. The number of amides is 1. The molecule has 0 aromatic rings. The second kappa shape index (κ2) is 22.0. The zero-order valence-electron chi connectivity index (χ0n) is 36.7. The number of carbonyl (C=O) groups is 4. The molecule has 330 valence electrons.